The first kappa shape index (κ1) is 26.2. The third-order valence-electron chi connectivity index (χ3n) is 8.86. The minimum Gasteiger partial charge on any atom is -0.462 e. The highest BCUT2D eigenvalue weighted by Crippen LogP contribution is 2.56. The largest absolute Gasteiger partial charge is 0.490 e. The summed E-state index contributed by atoms with van der Waals surface area (Å²) in [5.41, 5.74) is 0. The number of hydrogen-bond acceptors (Lipinski definition) is 6. The van der Waals surface area contributed by atoms with Crippen molar-refractivity contribution in [3.8, 4) is 0 Å². The Kier molecular flexibility index (Phi) is 7.65. The molecule has 3 aliphatic carbocycles. The van der Waals surface area contributed by atoms with Gasteiger partial charge in [0.25, 0.3) is 0 Å². The molecular weight excluding hydrogens is 465 g/mol. The Morgan fingerprint density at radius 3 is 2.54 bits per heavy atom. The van der Waals surface area contributed by atoms with E-state index in [4.69, 9.17) is 9.47 Å². The third kappa shape index (κ3) is 5.44. The Labute approximate surface area is 203 Å². The van der Waals surface area contributed by atoms with Crippen LogP contribution in [0.4, 0.5) is 13.2 Å². The molecule has 4 rings (SSSR count). The second-order valence-electron chi connectivity index (χ2n) is 10.9. The predicted octanol–water partition coefficient (Wildman–Crippen LogP) is 4.39. The van der Waals surface area contributed by atoms with E-state index in [1.54, 1.807) is 6.92 Å². The number of cyclic esters (lactones) is 1. The Morgan fingerprint density at radius 1 is 1.11 bits per heavy atom. The molecule has 0 spiro atoms. The van der Waals surface area contributed by atoms with E-state index in [0.717, 1.165) is 0 Å². The first-order valence-electron chi connectivity index (χ1n) is 12.9. The summed E-state index contributed by atoms with van der Waals surface area (Å²) in [6, 6.07) is 0. The van der Waals surface area contributed by atoms with Crippen LogP contribution >= 0.6 is 0 Å². The van der Waals surface area contributed by atoms with Gasteiger partial charge in [-0.1, -0.05) is 26.0 Å². The molecule has 0 aromatic heterocycles. The van der Waals surface area contributed by atoms with E-state index in [1.165, 1.54) is 0 Å². The molecule has 1 aliphatic heterocycles. The lowest BCUT2D eigenvalue weighted by Crippen LogP contribution is -2.35. The minimum absolute atomic E-state index is 0.00258. The lowest BCUT2D eigenvalue weighted by molar-refractivity contribution is -0.204. The van der Waals surface area contributed by atoms with Gasteiger partial charge in [-0.3, -0.25) is 9.59 Å². The van der Waals surface area contributed by atoms with Crippen molar-refractivity contribution >= 4 is 17.7 Å². The van der Waals surface area contributed by atoms with Crippen molar-refractivity contribution in [2.75, 3.05) is 0 Å². The molecule has 1 N–H and O–H groups in total. The van der Waals surface area contributed by atoms with E-state index in [2.05, 4.69) is 0 Å². The number of halogens is 3. The molecule has 0 unspecified atom stereocenters. The van der Waals surface area contributed by atoms with E-state index >= 15 is 0 Å². The lowest BCUT2D eigenvalue weighted by atomic mass is 9.71. The number of ketones is 1. The average molecular weight is 501 g/mol. The van der Waals surface area contributed by atoms with E-state index < -0.39 is 36.2 Å². The van der Waals surface area contributed by atoms with Gasteiger partial charge >= 0.3 is 18.1 Å². The van der Waals surface area contributed by atoms with Crippen molar-refractivity contribution < 1.29 is 42.1 Å². The van der Waals surface area contributed by atoms with Crippen LogP contribution in [0.25, 0.3) is 0 Å². The summed E-state index contributed by atoms with van der Waals surface area (Å²) in [6.07, 6.45) is 0.838. The summed E-state index contributed by atoms with van der Waals surface area (Å²) in [5, 5.41) is 10.7. The van der Waals surface area contributed by atoms with Crippen molar-refractivity contribution in [1.29, 1.82) is 0 Å². The highest BCUT2D eigenvalue weighted by atomic mass is 19.4. The zero-order valence-corrected chi connectivity index (χ0v) is 20.2. The first-order chi connectivity index (χ1) is 16.5. The van der Waals surface area contributed by atoms with Crippen LogP contribution in [0, 0.1) is 41.4 Å². The van der Waals surface area contributed by atoms with E-state index in [1.807, 2.05) is 19.1 Å². The smallest absolute Gasteiger partial charge is 0.462 e. The number of allylic oxidation sites excluding steroid dienone is 2. The molecule has 0 aromatic rings. The van der Waals surface area contributed by atoms with Gasteiger partial charge in [-0.15, -0.1) is 0 Å². The number of rotatable bonds is 2. The van der Waals surface area contributed by atoms with Crippen molar-refractivity contribution in [3.05, 3.63) is 12.2 Å². The number of alkyl halides is 3. The van der Waals surface area contributed by atoms with Gasteiger partial charge in [-0.25, -0.2) is 4.79 Å². The molecule has 3 fully saturated rings. The number of carbonyl (C=O) groups excluding carboxylic acids is 3. The molecule has 0 aromatic carbocycles. The molecule has 2 saturated carbocycles. The number of aliphatic hydroxyl groups is 1. The number of ether oxygens (including phenoxy) is 2. The second kappa shape index (κ2) is 10.2. The fourth-order valence-corrected chi connectivity index (χ4v) is 7.02. The van der Waals surface area contributed by atoms with Gasteiger partial charge in [-0.2, -0.15) is 13.2 Å². The molecule has 35 heavy (non-hydrogen) atoms. The molecule has 196 valence electrons. The summed E-state index contributed by atoms with van der Waals surface area (Å²) in [4.78, 5) is 37.7. The lowest BCUT2D eigenvalue weighted by Gasteiger charge is -2.33. The standard InChI is InChI=1S/C26H35F3O6/c1-3-15-5-4-6-22(30)13(2)24(32)21-11-19-17(20(21)12-23(31)34-15)8-7-14-9-16(10-18(14)19)35-25(33)26(27,28)29/h7-8,13-22,30H,3-6,9-12H2,1-2H3/t13-,14+,15+,16+,17+,18+,19+,20-,21-,22-/m0/s1. The predicted molar refractivity (Wildman–Crippen MR) is 119 cm³/mol. The third-order valence-corrected chi connectivity index (χ3v) is 8.86. The Balaban J connectivity index is 1.55. The quantitative estimate of drug-likeness (QED) is 0.447. The Morgan fingerprint density at radius 2 is 1.86 bits per heavy atom. The van der Waals surface area contributed by atoms with Gasteiger partial charge < -0.3 is 14.6 Å². The van der Waals surface area contributed by atoms with Crippen LogP contribution in [0.3, 0.4) is 0 Å². The molecule has 4 aliphatic rings. The number of Topliss-reactive ketones (excluding diaryl/α,β-unsaturated/α-hetero) is 1. The maximum atomic E-state index is 13.5. The minimum atomic E-state index is -5.03. The number of aliphatic hydroxyl groups excluding tert-OH is 1. The Hall–Kier alpha value is -1.90. The fraction of sp³-hybridized carbons (Fsp3) is 0.808. The zero-order chi connectivity index (χ0) is 25.5. The fourth-order valence-electron chi connectivity index (χ4n) is 7.02. The molecule has 6 nitrogen and oxygen atoms in total. The zero-order valence-electron chi connectivity index (χ0n) is 20.2. The maximum absolute atomic E-state index is 13.5. The monoisotopic (exact) mass is 500 g/mol. The van der Waals surface area contributed by atoms with Crippen LogP contribution in [0.15, 0.2) is 12.2 Å². The number of fused-ring (bicyclic) bond motifs is 5. The summed E-state index contributed by atoms with van der Waals surface area (Å²) in [7, 11) is 0. The van der Waals surface area contributed by atoms with Crippen molar-refractivity contribution in [2.24, 2.45) is 41.4 Å². The van der Waals surface area contributed by atoms with E-state index in [0.29, 0.717) is 44.9 Å². The van der Waals surface area contributed by atoms with Gasteiger partial charge in [0.2, 0.25) is 0 Å². The van der Waals surface area contributed by atoms with Crippen molar-refractivity contribution in [3.63, 3.8) is 0 Å². The second-order valence-corrected chi connectivity index (χ2v) is 10.9. The average Bonchev–Trinajstić information content (AvgIpc) is 3.36. The molecule has 0 radical (unpaired) electrons. The van der Waals surface area contributed by atoms with Gasteiger partial charge in [0, 0.05) is 18.3 Å². The summed E-state index contributed by atoms with van der Waals surface area (Å²) >= 11 is 0. The van der Waals surface area contributed by atoms with Crippen LogP contribution in [0.5, 0.6) is 0 Å². The number of esters is 2. The number of carbonyl (C=O) groups is 3. The highest BCUT2D eigenvalue weighted by Gasteiger charge is 2.55. The van der Waals surface area contributed by atoms with Crippen LogP contribution < -0.4 is 0 Å². The molecule has 0 bridgehead atoms. The highest BCUT2D eigenvalue weighted by molar-refractivity contribution is 5.85. The van der Waals surface area contributed by atoms with Gasteiger partial charge in [0.1, 0.15) is 18.0 Å². The first-order valence-corrected chi connectivity index (χ1v) is 12.9. The normalized spacial score (nSPS) is 42.2. The van der Waals surface area contributed by atoms with Crippen LogP contribution in [0.2, 0.25) is 0 Å². The summed E-state index contributed by atoms with van der Waals surface area (Å²) in [5.74, 6) is -3.94. The molecular formula is C26H35F3O6. The van der Waals surface area contributed by atoms with Crippen LogP contribution in [-0.2, 0) is 23.9 Å². The number of hydrogen-bond donors (Lipinski definition) is 1. The summed E-state index contributed by atoms with van der Waals surface area (Å²) < 4.78 is 48.6. The molecule has 10 atom stereocenters. The van der Waals surface area contributed by atoms with Crippen LogP contribution in [-0.4, -0.2) is 47.3 Å². The van der Waals surface area contributed by atoms with Gasteiger partial charge in [0.05, 0.1) is 6.10 Å². The van der Waals surface area contributed by atoms with Crippen LogP contribution in [0.1, 0.15) is 65.2 Å². The van der Waals surface area contributed by atoms with E-state index in [9.17, 15) is 32.7 Å². The summed E-state index contributed by atoms with van der Waals surface area (Å²) in [6.45, 7) is 3.70. The van der Waals surface area contributed by atoms with E-state index in [-0.39, 0.29) is 53.9 Å². The molecule has 0 amide bonds. The molecule has 9 heteroatoms. The van der Waals surface area contributed by atoms with Gasteiger partial charge in [0.15, 0.2) is 0 Å². The van der Waals surface area contributed by atoms with Crippen molar-refractivity contribution in [2.45, 2.75) is 89.7 Å². The van der Waals surface area contributed by atoms with Gasteiger partial charge in [-0.05, 0) is 74.5 Å². The topological polar surface area (TPSA) is 89.9 Å². The van der Waals surface area contributed by atoms with Crippen molar-refractivity contribution in [1.82, 2.24) is 0 Å². The Bertz CT molecular complexity index is 855. The molecule has 1 heterocycles. The molecule has 1 saturated heterocycles. The maximum Gasteiger partial charge on any atom is 0.490 e. The SMILES string of the molecule is CC[C@@H]1CCC[C@H](O)[C@H](C)C(=O)[C@H]2C[C@@H]3[C@@H](C=C[C@@H]4C[C@@H](OC(=O)C(F)(F)F)C[C@@H]34)[C@@H]2CC(=O)O1.